The van der Waals surface area contributed by atoms with E-state index in [2.05, 4.69) is 0 Å². The van der Waals surface area contributed by atoms with Gasteiger partial charge in [-0.1, -0.05) is 31.5 Å². The molecule has 0 heterocycles. The molecular weight excluding hydrogens is 257 g/mol. The van der Waals surface area contributed by atoms with Gasteiger partial charge in [-0.15, -0.1) is 0 Å². The Morgan fingerprint density at radius 3 is 2.41 bits per heavy atom. The van der Waals surface area contributed by atoms with Crippen molar-refractivity contribution in [3.63, 3.8) is 0 Å². The summed E-state index contributed by atoms with van der Waals surface area (Å²) in [7, 11) is 0. The zero-order valence-electron chi connectivity index (χ0n) is 9.77. The molecule has 17 heavy (non-hydrogen) atoms. The third-order valence-electron chi connectivity index (χ3n) is 3.05. The van der Waals surface area contributed by atoms with E-state index in [1.807, 2.05) is 0 Å². The van der Waals surface area contributed by atoms with Gasteiger partial charge in [0.2, 0.25) is 0 Å². The van der Waals surface area contributed by atoms with Crippen molar-refractivity contribution in [2.45, 2.75) is 26.9 Å². The van der Waals surface area contributed by atoms with Crippen LogP contribution in [0.2, 0.25) is 0 Å². The topological polar surface area (TPSA) is 26.3 Å². The number of halogens is 4. The second-order valence-electron chi connectivity index (χ2n) is 4.59. The van der Waals surface area contributed by atoms with Crippen LogP contribution in [-0.2, 0) is 9.53 Å². The Kier molecular flexibility index (Phi) is 3.81. The Morgan fingerprint density at radius 1 is 1.47 bits per heavy atom. The second kappa shape index (κ2) is 4.52. The normalized spacial score (nSPS) is 27.8. The highest BCUT2D eigenvalue weighted by Gasteiger charge is 2.62. The third-order valence-corrected chi connectivity index (χ3v) is 3.39. The summed E-state index contributed by atoms with van der Waals surface area (Å²) < 4.78 is 41.6. The van der Waals surface area contributed by atoms with Crippen LogP contribution in [0.4, 0.5) is 13.2 Å². The molecule has 1 fully saturated rings. The first-order valence-corrected chi connectivity index (χ1v) is 5.61. The highest BCUT2D eigenvalue weighted by atomic mass is 35.5. The van der Waals surface area contributed by atoms with Gasteiger partial charge in [-0.3, -0.25) is 4.79 Å². The van der Waals surface area contributed by atoms with Crippen LogP contribution in [0, 0.1) is 17.3 Å². The van der Waals surface area contributed by atoms with Gasteiger partial charge in [0.05, 0.1) is 12.5 Å². The summed E-state index contributed by atoms with van der Waals surface area (Å²) in [4.78, 5) is 11.5. The molecule has 0 N–H and O–H groups in total. The molecule has 0 aromatic carbocycles. The maximum atomic E-state index is 12.2. The van der Waals surface area contributed by atoms with E-state index in [-0.39, 0.29) is 6.61 Å². The molecule has 0 unspecified atom stereocenters. The van der Waals surface area contributed by atoms with Gasteiger partial charge in [-0.25, -0.2) is 0 Å². The van der Waals surface area contributed by atoms with Crippen molar-refractivity contribution in [2.24, 2.45) is 17.3 Å². The SMILES string of the molecule is CCOC(=O)[C@@H]1[C@H](C=C(Cl)C(F)(F)F)C1(C)C. The molecule has 98 valence electrons. The minimum atomic E-state index is -4.56. The smallest absolute Gasteiger partial charge is 0.426 e. The molecule has 0 amide bonds. The first kappa shape index (κ1) is 14.4. The summed E-state index contributed by atoms with van der Waals surface area (Å²) in [5, 5.41) is -1.18. The van der Waals surface area contributed by atoms with Crippen molar-refractivity contribution in [1.82, 2.24) is 0 Å². The number of rotatable bonds is 3. The van der Waals surface area contributed by atoms with Crippen molar-refractivity contribution >= 4 is 17.6 Å². The third kappa shape index (κ3) is 2.94. The van der Waals surface area contributed by atoms with Crippen LogP contribution in [0.3, 0.4) is 0 Å². The van der Waals surface area contributed by atoms with Gasteiger partial charge in [-0.05, 0) is 18.3 Å². The number of hydrogen-bond acceptors (Lipinski definition) is 2. The van der Waals surface area contributed by atoms with Gasteiger partial charge in [0, 0.05) is 0 Å². The molecule has 1 rings (SSSR count). The van der Waals surface area contributed by atoms with E-state index in [9.17, 15) is 18.0 Å². The number of ether oxygens (including phenoxy) is 1. The number of esters is 1. The van der Waals surface area contributed by atoms with Crippen molar-refractivity contribution in [3.05, 3.63) is 11.1 Å². The summed E-state index contributed by atoms with van der Waals surface area (Å²) in [6, 6.07) is 0. The van der Waals surface area contributed by atoms with Gasteiger partial charge >= 0.3 is 12.1 Å². The minimum Gasteiger partial charge on any atom is -0.466 e. The van der Waals surface area contributed by atoms with Crippen molar-refractivity contribution < 1.29 is 22.7 Å². The summed E-state index contributed by atoms with van der Waals surface area (Å²) in [6.45, 7) is 5.31. The molecule has 0 spiro atoms. The van der Waals surface area contributed by atoms with Crippen LogP contribution in [0.15, 0.2) is 11.1 Å². The molecular formula is C11H14ClF3O2. The van der Waals surface area contributed by atoms with E-state index in [0.717, 1.165) is 6.08 Å². The van der Waals surface area contributed by atoms with E-state index in [4.69, 9.17) is 16.3 Å². The highest BCUT2D eigenvalue weighted by molar-refractivity contribution is 6.30. The Hall–Kier alpha value is -0.710. The number of hydrogen-bond donors (Lipinski definition) is 0. The number of carbonyl (C=O) groups excluding carboxylic acids is 1. The lowest BCUT2D eigenvalue weighted by atomic mass is 10.1. The lowest BCUT2D eigenvalue weighted by Crippen LogP contribution is -2.10. The minimum absolute atomic E-state index is 0.217. The molecule has 6 heteroatoms. The molecule has 0 aliphatic heterocycles. The fourth-order valence-corrected chi connectivity index (χ4v) is 2.06. The van der Waals surface area contributed by atoms with Gasteiger partial charge < -0.3 is 4.74 Å². The van der Waals surface area contributed by atoms with E-state index < -0.39 is 34.4 Å². The fourth-order valence-electron chi connectivity index (χ4n) is 1.92. The quantitative estimate of drug-likeness (QED) is 0.734. The Labute approximate surface area is 103 Å². The van der Waals surface area contributed by atoms with Crippen LogP contribution in [0.5, 0.6) is 0 Å². The summed E-state index contributed by atoms with van der Waals surface area (Å²) in [5.74, 6) is -1.53. The Morgan fingerprint density at radius 2 is 2.00 bits per heavy atom. The maximum absolute atomic E-state index is 12.2. The standard InChI is InChI=1S/C11H14ClF3O2/c1-4-17-9(16)8-6(10(8,2)3)5-7(12)11(13,14)15/h5-6,8H,4H2,1-3H3/t6-,8-/m0/s1. The first-order valence-electron chi connectivity index (χ1n) is 5.23. The molecule has 2 nitrogen and oxygen atoms in total. The zero-order chi connectivity index (χ0) is 13.4. The van der Waals surface area contributed by atoms with E-state index in [1.165, 1.54) is 0 Å². The summed E-state index contributed by atoms with van der Waals surface area (Å²) >= 11 is 5.15. The first-order chi connectivity index (χ1) is 7.62. The van der Waals surface area contributed by atoms with Crippen molar-refractivity contribution in [1.29, 1.82) is 0 Å². The lowest BCUT2D eigenvalue weighted by molar-refractivity contribution is -0.145. The largest absolute Gasteiger partial charge is 0.466 e. The predicted octanol–water partition coefficient (Wildman–Crippen LogP) is 3.51. The van der Waals surface area contributed by atoms with Gasteiger partial charge in [0.1, 0.15) is 5.03 Å². The highest BCUT2D eigenvalue weighted by Crippen LogP contribution is 2.60. The monoisotopic (exact) mass is 270 g/mol. The fraction of sp³-hybridized carbons (Fsp3) is 0.727. The molecule has 1 aliphatic rings. The van der Waals surface area contributed by atoms with Crippen LogP contribution < -0.4 is 0 Å². The second-order valence-corrected chi connectivity index (χ2v) is 5.00. The summed E-state index contributed by atoms with van der Waals surface area (Å²) in [5.41, 5.74) is -0.530. The molecule has 0 radical (unpaired) electrons. The molecule has 0 bridgehead atoms. The number of allylic oxidation sites excluding steroid dienone is 2. The molecule has 1 saturated carbocycles. The van der Waals surface area contributed by atoms with Crippen molar-refractivity contribution in [2.75, 3.05) is 6.61 Å². The van der Waals surface area contributed by atoms with Crippen LogP contribution in [0.25, 0.3) is 0 Å². The molecule has 0 aromatic rings. The average Bonchev–Trinajstić information content (AvgIpc) is 2.67. The Balaban J connectivity index is 2.79. The van der Waals surface area contributed by atoms with Gasteiger partial charge in [0.25, 0.3) is 0 Å². The van der Waals surface area contributed by atoms with Gasteiger partial charge in [0.15, 0.2) is 0 Å². The Bertz CT molecular complexity index is 347. The lowest BCUT2D eigenvalue weighted by Gasteiger charge is -2.04. The number of carbonyl (C=O) groups is 1. The molecule has 1 aliphatic carbocycles. The average molecular weight is 271 g/mol. The van der Waals surface area contributed by atoms with E-state index in [1.54, 1.807) is 20.8 Å². The van der Waals surface area contributed by atoms with E-state index >= 15 is 0 Å². The van der Waals surface area contributed by atoms with Crippen molar-refractivity contribution in [3.8, 4) is 0 Å². The molecule has 2 atom stereocenters. The predicted molar refractivity (Wildman–Crippen MR) is 57.4 cm³/mol. The maximum Gasteiger partial charge on any atom is 0.426 e. The van der Waals surface area contributed by atoms with E-state index in [0.29, 0.717) is 0 Å². The molecule has 0 saturated heterocycles. The number of alkyl halides is 3. The summed E-state index contributed by atoms with van der Waals surface area (Å²) in [6.07, 6.45) is -3.65. The van der Waals surface area contributed by atoms with Crippen LogP contribution in [-0.4, -0.2) is 18.8 Å². The van der Waals surface area contributed by atoms with Gasteiger partial charge in [-0.2, -0.15) is 13.2 Å². The van der Waals surface area contributed by atoms with Crippen LogP contribution >= 0.6 is 11.6 Å². The molecule has 0 aromatic heterocycles. The van der Waals surface area contributed by atoms with Crippen LogP contribution in [0.1, 0.15) is 20.8 Å². The zero-order valence-corrected chi connectivity index (χ0v) is 10.5.